The lowest BCUT2D eigenvalue weighted by Crippen LogP contribution is -2.15. The van der Waals surface area contributed by atoms with E-state index in [9.17, 15) is 0 Å². The van der Waals surface area contributed by atoms with Crippen LogP contribution in [0.2, 0.25) is 5.02 Å². The van der Waals surface area contributed by atoms with Crippen LogP contribution in [-0.2, 0) is 20.2 Å². The molecule has 0 unspecified atom stereocenters. The number of nitrogens with one attached hydrogen (secondary N) is 1. The quantitative estimate of drug-likeness (QED) is 0.334. The summed E-state index contributed by atoms with van der Waals surface area (Å²) in [7, 11) is 3.49. The van der Waals surface area contributed by atoms with Gasteiger partial charge in [0.1, 0.15) is 6.61 Å². The van der Waals surface area contributed by atoms with Crippen molar-refractivity contribution in [1.29, 1.82) is 0 Å². The Morgan fingerprint density at radius 1 is 1.17 bits per heavy atom. The van der Waals surface area contributed by atoms with E-state index >= 15 is 0 Å². The number of nitrogens with zero attached hydrogens (tertiary/aromatic N) is 4. The minimum absolute atomic E-state index is 0. The number of benzene rings is 2. The first-order valence-corrected chi connectivity index (χ1v) is 10.6. The Morgan fingerprint density at radius 2 is 2.00 bits per heavy atom. The van der Waals surface area contributed by atoms with Crippen molar-refractivity contribution in [2.75, 3.05) is 19.4 Å². The molecule has 0 amide bonds. The summed E-state index contributed by atoms with van der Waals surface area (Å²) in [6.07, 6.45) is 1.02. The Balaban J connectivity index is 0.00000320. The standard InChI is InChI=1S/C20H24ClN5O2S.ClH/c1-26-20(23-24-25-26)29-11-5-10-22-13-15-8-9-18(19(12-15)27-2)28-14-16-6-3-4-7-17(16)21;/h3-4,6-9,12,22H,5,10-11,13-14H2,1-2H3;1H. The number of halogens is 2. The summed E-state index contributed by atoms with van der Waals surface area (Å²) in [4.78, 5) is 0. The van der Waals surface area contributed by atoms with E-state index in [1.54, 1.807) is 23.6 Å². The molecule has 0 saturated heterocycles. The number of hydrogen-bond acceptors (Lipinski definition) is 7. The fourth-order valence-electron chi connectivity index (χ4n) is 2.65. The number of ether oxygens (including phenoxy) is 2. The molecule has 1 heterocycles. The summed E-state index contributed by atoms with van der Waals surface area (Å²) in [5.74, 6) is 2.37. The van der Waals surface area contributed by atoms with Crippen LogP contribution in [0.15, 0.2) is 47.6 Å². The van der Waals surface area contributed by atoms with Crippen LogP contribution in [0.3, 0.4) is 0 Å². The van der Waals surface area contributed by atoms with Gasteiger partial charge in [0.25, 0.3) is 0 Å². The summed E-state index contributed by atoms with van der Waals surface area (Å²) in [6, 6.07) is 13.6. The summed E-state index contributed by atoms with van der Waals surface area (Å²) < 4.78 is 13.1. The molecular weight excluding hydrogens is 445 g/mol. The molecule has 0 atom stereocenters. The molecule has 0 bridgehead atoms. The SMILES string of the molecule is COc1cc(CNCCCSc2nnnn2C)ccc1OCc1ccccc1Cl.Cl. The number of rotatable bonds is 11. The average Bonchev–Trinajstić information content (AvgIpc) is 3.15. The van der Waals surface area contributed by atoms with E-state index in [1.165, 1.54) is 0 Å². The van der Waals surface area contributed by atoms with Crippen molar-refractivity contribution in [3.63, 3.8) is 0 Å². The van der Waals surface area contributed by atoms with E-state index in [0.29, 0.717) is 23.1 Å². The Morgan fingerprint density at radius 3 is 2.73 bits per heavy atom. The summed E-state index contributed by atoms with van der Waals surface area (Å²) in [5, 5.41) is 16.4. The molecule has 0 aliphatic heterocycles. The second-order valence-corrected chi connectivity index (χ2v) is 7.80. The van der Waals surface area contributed by atoms with Crippen LogP contribution in [0.25, 0.3) is 0 Å². The van der Waals surface area contributed by atoms with E-state index < -0.39 is 0 Å². The highest BCUT2D eigenvalue weighted by Crippen LogP contribution is 2.29. The molecular formula is C20H25Cl2N5O2S. The molecule has 7 nitrogen and oxygen atoms in total. The van der Waals surface area contributed by atoms with Crippen LogP contribution in [0, 0.1) is 0 Å². The summed E-state index contributed by atoms with van der Waals surface area (Å²) in [5.41, 5.74) is 2.08. The van der Waals surface area contributed by atoms with Crippen LogP contribution < -0.4 is 14.8 Å². The molecule has 0 aliphatic rings. The molecule has 162 valence electrons. The second-order valence-electron chi connectivity index (χ2n) is 6.33. The van der Waals surface area contributed by atoms with Crippen molar-refractivity contribution >= 4 is 35.8 Å². The Hall–Kier alpha value is -2.00. The van der Waals surface area contributed by atoms with E-state index in [-0.39, 0.29) is 12.4 Å². The van der Waals surface area contributed by atoms with Gasteiger partial charge in [-0.05, 0) is 47.2 Å². The van der Waals surface area contributed by atoms with Crippen molar-refractivity contribution < 1.29 is 9.47 Å². The fourth-order valence-corrected chi connectivity index (χ4v) is 3.63. The topological polar surface area (TPSA) is 74.1 Å². The van der Waals surface area contributed by atoms with Crippen LogP contribution in [-0.4, -0.2) is 39.6 Å². The molecule has 10 heteroatoms. The number of aromatic nitrogens is 4. The van der Waals surface area contributed by atoms with Gasteiger partial charge in [0.15, 0.2) is 11.5 Å². The van der Waals surface area contributed by atoms with Gasteiger partial charge >= 0.3 is 0 Å². The van der Waals surface area contributed by atoms with Gasteiger partial charge in [0, 0.05) is 29.9 Å². The number of aryl methyl sites for hydroxylation is 1. The minimum atomic E-state index is 0. The van der Waals surface area contributed by atoms with Gasteiger partial charge in [-0.15, -0.1) is 17.5 Å². The highest BCUT2D eigenvalue weighted by molar-refractivity contribution is 7.99. The number of methoxy groups -OCH3 is 1. The predicted octanol–water partition coefficient (Wildman–Crippen LogP) is 4.14. The number of hydrogen-bond donors (Lipinski definition) is 1. The summed E-state index contributed by atoms with van der Waals surface area (Å²) >= 11 is 7.84. The largest absolute Gasteiger partial charge is 0.493 e. The first kappa shape index (κ1) is 24.3. The minimum Gasteiger partial charge on any atom is -0.493 e. The van der Waals surface area contributed by atoms with Crippen LogP contribution in [0.1, 0.15) is 17.5 Å². The summed E-state index contributed by atoms with van der Waals surface area (Å²) in [6.45, 7) is 2.06. The first-order chi connectivity index (χ1) is 14.2. The zero-order valence-electron chi connectivity index (χ0n) is 16.9. The lowest BCUT2D eigenvalue weighted by molar-refractivity contribution is 0.284. The molecule has 0 aliphatic carbocycles. The van der Waals surface area contributed by atoms with Crippen molar-refractivity contribution in [2.45, 2.75) is 24.7 Å². The average molecular weight is 470 g/mol. The van der Waals surface area contributed by atoms with Gasteiger partial charge in [-0.2, -0.15) is 0 Å². The van der Waals surface area contributed by atoms with Crippen molar-refractivity contribution in [3.05, 3.63) is 58.6 Å². The highest BCUT2D eigenvalue weighted by atomic mass is 35.5. The van der Waals surface area contributed by atoms with Gasteiger partial charge in [0.2, 0.25) is 5.16 Å². The third-order valence-electron chi connectivity index (χ3n) is 4.21. The van der Waals surface area contributed by atoms with E-state index in [1.807, 2.05) is 49.5 Å². The fraction of sp³-hybridized carbons (Fsp3) is 0.350. The molecule has 3 aromatic rings. The van der Waals surface area contributed by atoms with E-state index in [4.69, 9.17) is 21.1 Å². The molecule has 0 fully saturated rings. The zero-order chi connectivity index (χ0) is 20.5. The van der Waals surface area contributed by atoms with Crippen molar-refractivity contribution in [1.82, 2.24) is 25.5 Å². The monoisotopic (exact) mass is 469 g/mol. The molecule has 1 aromatic heterocycles. The van der Waals surface area contributed by atoms with Crippen molar-refractivity contribution in [3.8, 4) is 11.5 Å². The first-order valence-electron chi connectivity index (χ1n) is 9.26. The number of tetrazole rings is 1. The van der Waals surface area contributed by atoms with Gasteiger partial charge in [0.05, 0.1) is 7.11 Å². The van der Waals surface area contributed by atoms with Crippen LogP contribution >= 0.6 is 35.8 Å². The zero-order valence-corrected chi connectivity index (χ0v) is 19.3. The van der Waals surface area contributed by atoms with Gasteiger partial charge in [-0.25, -0.2) is 4.68 Å². The maximum Gasteiger partial charge on any atom is 0.209 e. The van der Waals surface area contributed by atoms with Crippen LogP contribution in [0.4, 0.5) is 0 Å². The van der Waals surface area contributed by atoms with E-state index in [0.717, 1.165) is 41.5 Å². The van der Waals surface area contributed by atoms with E-state index in [2.05, 4.69) is 20.8 Å². The normalized spacial score (nSPS) is 10.5. The molecule has 30 heavy (non-hydrogen) atoms. The molecule has 3 rings (SSSR count). The van der Waals surface area contributed by atoms with Crippen molar-refractivity contribution in [2.24, 2.45) is 7.05 Å². The van der Waals surface area contributed by atoms with Gasteiger partial charge in [-0.1, -0.05) is 47.6 Å². The third-order valence-corrected chi connectivity index (χ3v) is 5.67. The Kier molecular flexibility index (Phi) is 10.2. The third kappa shape index (κ3) is 7.05. The molecule has 0 saturated carbocycles. The number of thioether (sulfide) groups is 1. The maximum atomic E-state index is 6.19. The molecule has 2 aromatic carbocycles. The Labute approximate surface area is 191 Å². The smallest absolute Gasteiger partial charge is 0.209 e. The lowest BCUT2D eigenvalue weighted by Gasteiger charge is -2.13. The molecule has 0 radical (unpaired) electrons. The lowest BCUT2D eigenvalue weighted by atomic mass is 10.2. The predicted molar refractivity (Wildman–Crippen MR) is 122 cm³/mol. The molecule has 0 spiro atoms. The van der Waals surface area contributed by atoms with Gasteiger partial charge in [-0.3, -0.25) is 0 Å². The van der Waals surface area contributed by atoms with Crippen LogP contribution in [0.5, 0.6) is 11.5 Å². The van der Waals surface area contributed by atoms with Gasteiger partial charge < -0.3 is 14.8 Å². The highest BCUT2D eigenvalue weighted by Gasteiger charge is 2.08. The Bertz CT molecular complexity index is 926. The second kappa shape index (κ2) is 12.6. The maximum absolute atomic E-state index is 6.19. The molecule has 1 N–H and O–H groups in total.